The molecule has 0 unspecified atom stereocenters. The zero-order chi connectivity index (χ0) is 10.6. The monoisotopic (exact) mass is 195 g/mol. The van der Waals surface area contributed by atoms with Crippen molar-refractivity contribution in [2.45, 2.75) is 13.0 Å². The molecule has 1 atom stereocenters. The number of nitrogens with one attached hydrogen (secondary N) is 1. The molecule has 3 heteroatoms. The minimum Gasteiger partial charge on any atom is -0.496 e. The fourth-order valence-corrected chi connectivity index (χ4v) is 1.47. The maximum absolute atomic E-state index is 9.17. The Morgan fingerprint density at radius 1 is 1.50 bits per heavy atom. The fourth-order valence-electron chi connectivity index (χ4n) is 1.47. The molecule has 0 saturated heterocycles. The Morgan fingerprint density at radius 3 is 2.71 bits per heavy atom. The summed E-state index contributed by atoms with van der Waals surface area (Å²) in [6.07, 6.45) is 0. The Morgan fingerprint density at radius 2 is 2.21 bits per heavy atom. The van der Waals surface area contributed by atoms with E-state index in [1.807, 2.05) is 32.2 Å². The molecule has 0 aliphatic heterocycles. The molecule has 0 saturated carbocycles. The summed E-state index contributed by atoms with van der Waals surface area (Å²) in [5, 5.41) is 12.2. The fraction of sp³-hybridized carbons (Fsp3) is 0.455. The molecule has 1 rings (SSSR count). The van der Waals surface area contributed by atoms with Crippen molar-refractivity contribution in [3.8, 4) is 5.75 Å². The second kappa shape index (κ2) is 4.98. The lowest BCUT2D eigenvalue weighted by atomic mass is 10.0. The van der Waals surface area contributed by atoms with E-state index in [4.69, 9.17) is 4.74 Å². The Balaban J connectivity index is 3.08. The van der Waals surface area contributed by atoms with E-state index in [1.165, 1.54) is 0 Å². The highest BCUT2D eigenvalue weighted by atomic mass is 16.5. The van der Waals surface area contributed by atoms with E-state index >= 15 is 0 Å². The molecule has 0 heterocycles. The molecule has 14 heavy (non-hydrogen) atoms. The second-order valence-electron chi connectivity index (χ2n) is 3.27. The number of ether oxygens (including phenoxy) is 1. The van der Waals surface area contributed by atoms with E-state index in [-0.39, 0.29) is 12.6 Å². The Hall–Kier alpha value is -1.06. The molecule has 0 aromatic heterocycles. The van der Waals surface area contributed by atoms with Crippen molar-refractivity contribution in [3.05, 3.63) is 29.3 Å². The Kier molecular flexibility index (Phi) is 3.92. The summed E-state index contributed by atoms with van der Waals surface area (Å²) in [6.45, 7) is 2.09. The van der Waals surface area contributed by atoms with Gasteiger partial charge in [0.25, 0.3) is 0 Å². The number of methoxy groups -OCH3 is 1. The van der Waals surface area contributed by atoms with Gasteiger partial charge in [0.2, 0.25) is 0 Å². The molecule has 2 N–H and O–H groups in total. The minimum absolute atomic E-state index is 0.0650. The van der Waals surface area contributed by atoms with Gasteiger partial charge in [-0.15, -0.1) is 0 Å². The maximum Gasteiger partial charge on any atom is 0.123 e. The first kappa shape index (κ1) is 11.0. The first-order valence-corrected chi connectivity index (χ1v) is 4.65. The van der Waals surface area contributed by atoms with E-state index in [2.05, 4.69) is 5.32 Å². The molecule has 3 nitrogen and oxygen atoms in total. The summed E-state index contributed by atoms with van der Waals surface area (Å²) in [5.41, 5.74) is 2.16. The number of aryl methyl sites for hydroxylation is 1. The van der Waals surface area contributed by atoms with Crippen molar-refractivity contribution in [1.29, 1.82) is 0 Å². The van der Waals surface area contributed by atoms with Crippen LogP contribution in [0.3, 0.4) is 0 Å². The van der Waals surface area contributed by atoms with Gasteiger partial charge >= 0.3 is 0 Å². The number of hydrogen-bond donors (Lipinski definition) is 2. The summed E-state index contributed by atoms with van der Waals surface area (Å²) in [7, 11) is 3.46. The van der Waals surface area contributed by atoms with E-state index in [0.717, 1.165) is 16.9 Å². The second-order valence-corrected chi connectivity index (χ2v) is 3.27. The molecule has 0 aliphatic rings. The van der Waals surface area contributed by atoms with Crippen molar-refractivity contribution in [2.24, 2.45) is 0 Å². The van der Waals surface area contributed by atoms with Crippen molar-refractivity contribution in [3.63, 3.8) is 0 Å². The predicted octanol–water partition coefficient (Wildman–Crippen LogP) is 1.26. The van der Waals surface area contributed by atoms with Crippen LogP contribution >= 0.6 is 0 Å². The van der Waals surface area contributed by atoms with Gasteiger partial charge in [-0.05, 0) is 20.0 Å². The molecule has 0 spiro atoms. The summed E-state index contributed by atoms with van der Waals surface area (Å²) >= 11 is 0. The van der Waals surface area contributed by atoms with Crippen LogP contribution in [0.4, 0.5) is 0 Å². The number of aliphatic hydroxyl groups is 1. The van der Waals surface area contributed by atoms with Gasteiger partial charge in [0, 0.05) is 5.56 Å². The molecule has 1 aromatic rings. The lowest BCUT2D eigenvalue weighted by Gasteiger charge is -2.17. The third kappa shape index (κ3) is 2.25. The standard InChI is InChI=1S/C11H17NO2/c1-8-4-5-11(14-3)9(6-8)10(7-13)12-2/h4-6,10,12-13H,7H2,1-3H3/t10-/m1/s1. The molecule has 0 amide bonds. The zero-order valence-corrected chi connectivity index (χ0v) is 8.87. The van der Waals surface area contributed by atoms with E-state index in [0.29, 0.717) is 0 Å². The Bertz CT molecular complexity index is 295. The lowest BCUT2D eigenvalue weighted by Crippen LogP contribution is -2.20. The van der Waals surface area contributed by atoms with Crippen LogP contribution < -0.4 is 10.1 Å². The highest BCUT2D eigenvalue weighted by Gasteiger charge is 2.12. The normalized spacial score (nSPS) is 12.6. The van der Waals surface area contributed by atoms with Crippen molar-refractivity contribution in [2.75, 3.05) is 20.8 Å². The van der Waals surface area contributed by atoms with Gasteiger partial charge in [0.1, 0.15) is 5.75 Å². The molecule has 0 bridgehead atoms. The quantitative estimate of drug-likeness (QED) is 0.760. The van der Waals surface area contributed by atoms with Crippen LogP contribution in [0.15, 0.2) is 18.2 Å². The third-order valence-corrected chi connectivity index (χ3v) is 2.29. The molecule has 1 aromatic carbocycles. The molecule has 78 valence electrons. The summed E-state index contributed by atoms with van der Waals surface area (Å²) in [5.74, 6) is 0.809. The number of rotatable bonds is 4. The van der Waals surface area contributed by atoms with Crippen molar-refractivity contribution < 1.29 is 9.84 Å². The van der Waals surface area contributed by atoms with Crippen LogP contribution in [0.25, 0.3) is 0 Å². The minimum atomic E-state index is -0.0650. The van der Waals surface area contributed by atoms with Crippen molar-refractivity contribution >= 4 is 0 Å². The number of hydrogen-bond acceptors (Lipinski definition) is 3. The van der Waals surface area contributed by atoms with Gasteiger partial charge in [-0.1, -0.05) is 17.7 Å². The Labute approximate surface area is 84.7 Å². The van der Waals surface area contributed by atoms with Crippen LogP contribution in [-0.4, -0.2) is 25.9 Å². The average molecular weight is 195 g/mol. The number of aliphatic hydroxyl groups excluding tert-OH is 1. The lowest BCUT2D eigenvalue weighted by molar-refractivity contribution is 0.247. The molecule has 0 fully saturated rings. The van der Waals surface area contributed by atoms with Gasteiger partial charge in [-0.3, -0.25) is 0 Å². The van der Waals surface area contributed by atoms with Crippen molar-refractivity contribution in [1.82, 2.24) is 5.32 Å². The highest BCUT2D eigenvalue weighted by molar-refractivity contribution is 5.39. The van der Waals surface area contributed by atoms with Crippen LogP contribution in [0.1, 0.15) is 17.2 Å². The van der Waals surface area contributed by atoms with Gasteiger partial charge < -0.3 is 15.2 Å². The highest BCUT2D eigenvalue weighted by Crippen LogP contribution is 2.25. The molecule has 0 radical (unpaired) electrons. The van der Waals surface area contributed by atoms with Gasteiger partial charge in [-0.25, -0.2) is 0 Å². The SMILES string of the molecule is CN[C@H](CO)c1cc(C)ccc1OC. The van der Waals surface area contributed by atoms with Gasteiger partial charge in [0.05, 0.1) is 19.8 Å². The van der Waals surface area contributed by atoms with Crippen LogP contribution in [0, 0.1) is 6.92 Å². The maximum atomic E-state index is 9.17. The number of likely N-dealkylation sites (N-methyl/N-ethyl adjacent to an activating group) is 1. The molecule has 0 aliphatic carbocycles. The number of benzene rings is 1. The van der Waals surface area contributed by atoms with E-state index < -0.39 is 0 Å². The first-order valence-electron chi connectivity index (χ1n) is 4.65. The van der Waals surface area contributed by atoms with Gasteiger partial charge in [-0.2, -0.15) is 0 Å². The first-order chi connectivity index (χ1) is 6.72. The van der Waals surface area contributed by atoms with Crippen LogP contribution in [0.5, 0.6) is 5.75 Å². The zero-order valence-electron chi connectivity index (χ0n) is 8.87. The van der Waals surface area contributed by atoms with E-state index in [1.54, 1.807) is 7.11 Å². The molecular formula is C11H17NO2. The average Bonchev–Trinajstić information content (AvgIpc) is 2.20. The predicted molar refractivity (Wildman–Crippen MR) is 56.6 cm³/mol. The summed E-state index contributed by atoms with van der Waals surface area (Å²) in [6, 6.07) is 5.87. The van der Waals surface area contributed by atoms with Crippen LogP contribution in [-0.2, 0) is 0 Å². The van der Waals surface area contributed by atoms with E-state index in [9.17, 15) is 5.11 Å². The van der Waals surface area contributed by atoms with Gasteiger partial charge in [0.15, 0.2) is 0 Å². The smallest absolute Gasteiger partial charge is 0.123 e. The third-order valence-electron chi connectivity index (χ3n) is 2.29. The summed E-state index contributed by atoms with van der Waals surface area (Å²) < 4.78 is 5.23. The topological polar surface area (TPSA) is 41.5 Å². The molecular weight excluding hydrogens is 178 g/mol. The van der Waals surface area contributed by atoms with Crippen LogP contribution in [0.2, 0.25) is 0 Å². The summed E-state index contributed by atoms with van der Waals surface area (Å²) in [4.78, 5) is 0. The largest absolute Gasteiger partial charge is 0.496 e.